The summed E-state index contributed by atoms with van der Waals surface area (Å²) in [7, 11) is 0. The number of allylic oxidation sites excluding steroid dienone is 1. The summed E-state index contributed by atoms with van der Waals surface area (Å²) in [6, 6.07) is 0. The first-order chi connectivity index (χ1) is 16.8. The van der Waals surface area contributed by atoms with Crippen LogP contribution in [0.1, 0.15) is 40.0 Å². The van der Waals surface area contributed by atoms with Crippen LogP contribution < -0.4 is 16.8 Å². The molecular weight excluding hydrogens is 476 g/mol. The van der Waals surface area contributed by atoms with Crippen molar-refractivity contribution in [1.82, 2.24) is 10.2 Å². The Kier molecular flexibility index (Phi) is 54.6. The van der Waals surface area contributed by atoms with Crippen molar-refractivity contribution in [3.05, 3.63) is 46.2 Å². The van der Waals surface area contributed by atoms with Crippen molar-refractivity contribution < 1.29 is 14.7 Å². The van der Waals surface area contributed by atoms with Gasteiger partial charge in [-0.05, 0) is 86.8 Å². The lowest BCUT2D eigenvalue weighted by Crippen LogP contribution is -2.22. The van der Waals surface area contributed by atoms with Crippen molar-refractivity contribution in [3.8, 4) is 0 Å². The molecule has 13 nitrogen and oxygen atoms in total. The summed E-state index contributed by atoms with van der Waals surface area (Å²) < 4.78 is 0. The predicted octanol–water partition coefficient (Wildman–Crippen LogP) is 3.25. The lowest BCUT2D eigenvalue weighted by atomic mass is 10.4. The Bertz CT molecular complexity index is 570. The maximum Gasteiger partial charge on any atom is 0.244 e. The molecule has 14 heteroatoms. The number of azide groups is 2. The molecule has 0 fully saturated rings. The van der Waals surface area contributed by atoms with Crippen molar-refractivity contribution in [3.63, 3.8) is 0 Å². The fraction of sp³-hybridized carbons (Fsp3) is 0.714. The molecule has 35 heavy (non-hydrogen) atoms. The normalized spacial score (nSPS) is 8.23. The van der Waals surface area contributed by atoms with Gasteiger partial charge in [-0.15, -0.1) is 0 Å². The quantitative estimate of drug-likeness (QED) is 0.0671. The third-order valence-corrected chi connectivity index (χ3v) is 3.53. The molecule has 0 aromatic carbocycles. The largest absolute Gasteiger partial charge is 0.396 e. The van der Waals surface area contributed by atoms with Gasteiger partial charge in [0.25, 0.3) is 0 Å². The number of hydrogen-bond donors (Lipinski definition) is 4. The van der Waals surface area contributed by atoms with E-state index in [4.69, 9.17) is 39.2 Å². The number of nitrogens with two attached hydrogens (primary N) is 2. The molecule has 0 aliphatic carbocycles. The standard InChI is InChI=1S/C6H10N4O.C6H15N.C3H3ClO.C3H8N4.C3H9NO/c1-2-6(11)8-4-3-5-9-10-7;1-4-7(5-2)6-3;1-2-3(4)5;4-2-1-3-6-7-5;4-2-1-3-5/h2H,1,3-5H2,(H,8,11);4-6H2,1-3H3;2H,1H2;1-4H2;5H,1-4H2. The van der Waals surface area contributed by atoms with Crippen LogP contribution in [0.5, 0.6) is 0 Å². The molecule has 0 bridgehead atoms. The monoisotopic (exact) mass is 520 g/mol. The molecule has 0 aliphatic rings. The number of aliphatic hydroxyl groups is 1. The molecule has 0 saturated heterocycles. The average Bonchev–Trinajstić information content (AvgIpc) is 2.87. The smallest absolute Gasteiger partial charge is 0.244 e. The molecule has 0 radical (unpaired) electrons. The first-order valence-corrected chi connectivity index (χ1v) is 11.6. The van der Waals surface area contributed by atoms with Crippen LogP contribution in [0, 0.1) is 0 Å². The fourth-order valence-electron chi connectivity index (χ4n) is 1.45. The molecule has 0 rings (SSSR count). The Morgan fingerprint density at radius 3 is 1.63 bits per heavy atom. The first kappa shape index (κ1) is 42.5. The number of halogens is 1. The average molecular weight is 521 g/mol. The molecule has 204 valence electrons. The van der Waals surface area contributed by atoms with Gasteiger partial charge in [0.1, 0.15) is 0 Å². The SMILES string of the molecule is C=CC(=O)Cl.C=CC(=O)NCCCN=[N+]=[N-].CCN(CC)CC.NCCCO.[N-]=[N+]=NCCCN. The zero-order valence-corrected chi connectivity index (χ0v) is 22.2. The van der Waals surface area contributed by atoms with Crippen molar-refractivity contribution in [2.24, 2.45) is 21.7 Å². The van der Waals surface area contributed by atoms with E-state index in [0.717, 1.165) is 18.9 Å². The van der Waals surface area contributed by atoms with E-state index >= 15 is 0 Å². The Labute approximate surface area is 214 Å². The molecule has 0 atom stereocenters. The molecule has 0 heterocycles. The summed E-state index contributed by atoms with van der Waals surface area (Å²) in [5, 5.41) is 16.6. The second kappa shape index (κ2) is 45.0. The van der Waals surface area contributed by atoms with Gasteiger partial charge >= 0.3 is 0 Å². The fourth-order valence-corrected chi connectivity index (χ4v) is 1.45. The summed E-state index contributed by atoms with van der Waals surface area (Å²) in [6.45, 7) is 19.3. The molecule has 0 aromatic heterocycles. The van der Waals surface area contributed by atoms with Gasteiger partial charge in [-0.25, -0.2) is 0 Å². The molecule has 0 aliphatic heterocycles. The van der Waals surface area contributed by atoms with E-state index in [0.29, 0.717) is 39.1 Å². The number of carbonyl (C=O) groups is 2. The third kappa shape index (κ3) is 65.2. The van der Waals surface area contributed by atoms with Crippen molar-refractivity contribution in [2.75, 3.05) is 59.0 Å². The highest BCUT2D eigenvalue weighted by Gasteiger charge is 1.90. The first-order valence-electron chi connectivity index (χ1n) is 11.2. The van der Waals surface area contributed by atoms with Gasteiger partial charge in [0.2, 0.25) is 11.1 Å². The van der Waals surface area contributed by atoms with E-state index in [1.807, 2.05) is 0 Å². The zero-order valence-electron chi connectivity index (χ0n) is 21.5. The Morgan fingerprint density at radius 2 is 1.40 bits per heavy atom. The summed E-state index contributed by atoms with van der Waals surface area (Å²) >= 11 is 4.71. The van der Waals surface area contributed by atoms with E-state index < -0.39 is 5.24 Å². The molecule has 6 N–H and O–H groups in total. The van der Waals surface area contributed by atoms with E-state index in [1.54, 1.807) is 0 Å². The Morgan fingerprint density at radius 1 is 0.971 bits per heavy atom. The van der Waals surface area contributed by atoms with E-state index in [9.17, 15) is 9.59 Å². The second-order valence-corrected chi connectivity index (χ2v) is 6.27. The Balaban J connectivity index is -0.000000111. The van der Waals surface area contributed by atoms with Crippen LogP contribution in [0.4, 0.5) is 0 Å². The van der Waals surface area contributed by atoms with Crippen molar-refractivity contribution in [1.29, 1.82) is 0 Å². The van der Waals surface area contributed by atoms with Crippen LogP contribution in [0.2, 0.25) is 0 Å². The van der Waals surface area contributed by atoms with E-state index in [2.05, 4.69) is 64.2 Å². The highest BCUT2D eigenvalue weighted by atomic mass is 35.5. The molecule has 1 amide bonds. The molecule has 0 saturated carbocycles. The molecule has 0 aromatic rings. The van der Waals surface area contributed by atoms with E-state index in [1.165, 1.54) is 25.7 Å². The van der Waals surface area contributed by atoms with Gasteiger partial charge in [-0.2, -0.15) is 0 Å². The minimum atomic E-state index is -0.509. The minimum absolute atomic E-state index is 0.203. The second-order valence-electron chi connectivity index (χ2n) is 5.89. The number of carbonyl (C=O) groups excluding carboxylic acids is 2. The maximum absolute atomic E-state index is 10.5. The van der Waals surface area contributed by atoms with Crippen LogP contribution in [-0.4, -0.2) is 80.1 Å². The molecular formula is C21H45ClN10O3. The highest BCUT2D eigenvalue weighted by Crippen LogP contribution is 1.82. The highest BCUT2D eigenvalue weighted by molar-refractivity contribution is 6.66. The topological polar surface area (TPSA) is 219 Å². The van der Waals surface area contributed by atoms with Crippen molar-refractivity contribution >= 4 is 22.8 Å². The van der Waals surface area contributed by atoms with Crippen LogP contribution in [0.3, 0.4) is 0 Å². The van der Waals surface area contributed by atoms with Gasteiger partial charge in [0.05, 0.1) is 0 Å². The molecule has 0 unspecified atom stereocenters. The summed E-state index contributed by atoms with van der Waals surface area (Å²) in [5.74, 6) is -0.203. The van der Waals surface area contributed by atoms with Crippen LogP contribution >= 0.6 is 11.6 Å². The summed E-state index contributed by atoms with van der Waals surface area (Å²) in [6.07, 6.45) is 4.41. The van der Waals surface area contributed by atoms with Gasteiger partial charge in [0, 0.05) is 36.1 Å². The van der Waals surface area contributed by atoms with Crippen LogP contribution in [0.15, 0.2) is 35.5 Å². The Hall–Kier alpha value is -2.63. The number of hydrogen-bond acceptors (Lipinski definition) is 8. The number of amides is 1. The number of rotatable bonds is 14. The van der Waals surface area contributed by atoms with Gasteiger partial charge in [-0.1, -0.05) is 44.2 Å². The summed E-state index contributed by atoms with van der Waals surface area (Å²) in [5.41, 5.74) is 25.7. The minimum Gasteiger partial charge on any atom is -0.396 e. The van der Waals surface area contributed by atoms with Crippen LogP contribution in [-0.2, 0) is 9.59 Å². The van der Waals surface area contributed by atoms with Crippen molar-refractivity contribution in [2.45, 2.75) is 40.0 Å². The van der Waals surface area contributed by atoms with E-state index in [-0.39, 0.29) is 12.5 Å². The van der Waals surface area contributed by atoms with Gasteiger partial charge in [-0.3, -0.25) is 9.59 Å². The maximum atomic E-state index is 10.5. The third-order valence-electron chi connectivity index (χ3n) is 3.37. The zero-order chi connectivity index (χ0) is 28.2. The van der Waals surface area contributed by atoms with Gasteiger partial charge < -0.3 is 26.8 Å². The van der Waals surface area contributed by atoms with Gasteiger partial charge in [0.15, 0.2) is 0 Å². The number of nitrogens with one attached hydrogen (secondary N) is 1. The number of aliphatic hydroxyl groups excluding tert-OH is 1. The lowest BCUT2D eigenvalue weighted by Gasteiger charge is -2.13. The predicted molar refractivity (Wildman–Crippen MR) is 145 cm³/mol. The lowest BCUT2D eigenvalue weighted by molar-refractivity contribution is -0.116. The summed E-state index contributed by atoms with van der Waals surface area (Å²) in [4.78, 5) is 27.5. The number of nitrogens with zero attached hydrogens (tertiary/aromatic N) is 7. The molecule has 0 spiro atoms. The van der Waals surface area contributed by atoms with Crippen LogP contribution in [0.25, 0.3) is 20.9 Å².